The van der Waals surface area contributed by atoms with Crippen LogP contribution < -0.4 is 14.8 Å². The zero-order chi connectivity index (χ0) is 20.6. The van der Waals surface area contributed by atoms with E-state index < -0.39 is 0 Å². The van der Waals surface area contributed by atoms with Crippen molar-refractivity contribution in [1.29, 1.82) is 0 Å². The van der Waals surface area contributed by atoms with Gasteiger partial charge in [-0.1, -0.05) is 30.3 Å². The highest BCUT2D eigenvalue weighted by molar-refractivity contribution is 8.03. The Labute approximate surface area is 174 Å². The van der Waals surface area contributed by atoms with Gasteiger partial charge < -0.3 is 19.7 Å². The summed E-state index contributed by atoms with van der Waals surface area (Å²) in [6.45, 7) is 4.74. The summed E-state index contributed by atoms with van der Waals surface area (Å²) in [5.74, 6) is 1.15. The normalized spacial score (nSPS) is 13.7. The molecule has 152 valence electrons. The van der Waals surface area contributed by atoms with Gasteiger partial charge in [-0.2, -0.15) is 0 Å². The maximum Gasteiger partial charge on any atom is 0.244 e. The lowest BCUT2D eigenvalue weighted by molar-refractivity contribution is -0.129. The molecule has 0 aromatic heterocycles. The monoisotopic (exact) mass is 412 g/mol. The standard InChI is InChI=1S/C22H24N2O4S/c1-3-27-19-11-10-17(12-20(19)28-4-2)23-21(25)13-24-18(14-29-15-22(24)26)16-8-6-5-7-9-16/h5-12,14H,3-4,13,15H2,1-2H3,(H,23,25). The Morgan fingerprint density at radius 3 is 2.52 bits per heavy atom. The maximum absolute atomic E-state index is 12.7. The van der Waals surface area contributed by atoms with Crippen molar-refractivity contribution in [2.24, 2.45) is 0 Å². The predicted octanol–water partition coefficient (Wildman–Crippen LogP) is 4.00. The van der Waals surface area contributed by atoms with Crippen molar-refractivity contribution in [2.45, 2.75) is 13.8 Å². The summed E-state index contributed by atoms with van der Waals surface area (Å²) < 4.78 is 11.1. The number of hydrogen-bond acceptors (Lipinski definition) is 5. The second kappa shape index (κ2) is 10.0. The lowest BCUT2D eigenvalue weighted by Crippen LogP contribution is -2.39. The fourth-order valence-corrected chi connectivity index (χ4v) is 3.75. The van der Waals surface area contributed by atoms with E-state index in [9.17, 15) is 9.59 Å². The second-order valence-electron chi connectivity index (χ2n) is 6.24. The molecule has 0 atom stereocenters. The second-order valence-corrected chi connectivity index (χ2v) is 7.09. The first-order chi connectivity index (χ1) is 14.1. The predicted molar refractivity (Wildman–Crippen MR) is 116 cm³/mol. The van der Waals surface area contributed by atoms with Crippen molar-refractivity contribution in [3.8, 4) is 11.5 Å². The first kappa shape index (κ1) is 20.8. The van der Waals surface area contributed by atoms with Crippen molar-refractivity contribution in [3.05, 3.63) is 59.5 Å². The van der Waals surface area contributed by atoms with Crippen LogP contribution in [0.15, 0.2) is 53.9 Å². The summed E-state index contributed by atoms with van der Waals surface area (Å²) in [5.41, 5.74) is 2.23. The van der Waals surface area contributed by atoms with Gasteiger partial charge in [0.2, 0.25) is 11.8 Å². The van der Waals surface area contributed by atoms with Crippen LogP contribution in [-0.4, -0.2) is 42.2 Å². The summed E-state index contributed by atoms with van der Waals surface area (Å²) in [7, 11) is 0. The Hall–Kier alpha value is -2.93. The van der Waals surface area contributed by atoms with Gasteiger partial charge in [-0.3, -0.25) is 9.59 Å². The molecule has 6 nitrogen and oxygen atoms in total. The third kappa shape index (κ3) is 5.32. The summed E-state index contributed by atoms with van der Waals surface area (Å²) in [4.78, 5) is 26.7. The van der Waals surface area contributed by atoms with E-state index in [4.69, 9.17) is 9.47 Å². The van der Waals surface area contributed by atoms with E-state index in [1.165, 1.54) is 16.7 Å². The Morgan fingerprint density at radius 1 is 1.07 bits per heavy atom. The zero-order valence-corrected chi connectivity index (χ0v) is 17.3. The molecule has 0 saturated carbocycles. The third-order valence-corrected chi connectivity index (χ3v) is 5.00. The molecule has 2 amide bonds. The Morgan fingerprint density at radius 2 is 1.79 bits per heavy atom. The van der Waals surface area contributed by atoms with Gasteiger partial charge in [0.1, 0.15) is 6.54 Å². The fraction of sp³-hybridized carbons (Fsp3) is 0.273. The lowest BCUT2D eigenvalue weighted by atomic mass is 10.1. The molecule has 29 heavy (non-hydrogen) atoms. The van der Waals surface area contributed by atoms with Crippen LogP contribution in [0.1, 0.15) is 19.4 Å². The number of amides is 2. The van der Waals surface area contributed by atoms with E-state index in [-0.39, 0.29) is 18.4 Å². The molecule has 3 rings (SSSR count). The minimum absolute atomic E-state index is 0.0582. The fourth-order valence-electron chi connectivity index (χ4n) is 2.95. The molecule has 0 unspecified atom stereocenters. The maximum atomic E-state index is 12.7. The molecule has 1 aliphatic rings. The van der Waals surface area contributed by atoms with Gasteiger partial charge in [-0.15, -0.1) is 11.8 Å². The van der Waals surface area contributed by atoms with Crippen LogP contribution in [0, 0.1) is 0 Å². The topological polar surface area (TPSA) is 67.9 Å². The van der Waals surface area contributed by atoms with E-state index in [0.29, 0.717) is 36.2 Å². The molecular weight excluding hydrogens is 388 g/mol. The molecular formula is C22H24N2O4S. The van der Waals surface area contributed by atoms with Crippen LogP contribution in [0.25, 0.3) is 5.70 Å². The smallest absolute Gasteiger partial charge is 0.244 e. The summed E-state index contributed by atoms with van der Waals surface area (Å²) in [6, 6.07) is 14.8. The third-order valence-electron chi connectivity index (χ3n) is 4.19. The van der Waals surface area contributed by atoms with Crippen LogP contribution >= 0.6 is 11.8 Å². The average Bonchev–Trinajstić information content (AvgIpc) is 2.72. The van der Waals surface area contributed by atoms with Gasteiger partial charge in [0, 0.05) is 11.8 Å². The van der Waals surface area contributed by atoms with Gasteiger partial charge in [0.05, 0.1) is 24.7 Å². The minimum atomic E-state index is -0.279. The van der Waals surface area contributed by atoms with Gasteiger partial charge in [-0.05, 0) is 37.0 Å². The van der Waals surface area contributed by atoms with Gasteiger partial charge in [-0.25, -0.2) is 0 Å². The Kier molecular flexibility index (Phi) is 7.19. The van der Waals surface area contributed by atoms with Crippen molar-refractivity contribution in [3.63, 3.8) is 0 Å². The molecule has 0 bridgehead atoms. The Bertz CT molecular complexity index is 899. The molecule has 0 radical (unpaired) electrons. The van der Waals surface area contributed by atoms with Gasteiger partial charge in [0.15, 0.2) is 11.5 Å². The number of nitrogens with zero attached hydrogens (tertiary/aromatic N) is 1. The first-order valence-corrected chi connectivity index (χ1v) is 10.5. The average molecular weight is 413 g/mol. The first-order valence-electron chi connectivity index (χ1n) is 9.49. The van der Waals surface area contributed by atoms with Crippen LogP contribution in [0.3, 0.4) is 0 Å². The summed E-state index contributed by atoms with van der Waals surface area (Å²) >= 11 is 1.44. The zero-order valence-electron chi connectivity index (χ0n) is 16.5. The summed E-state index contributed by atoms with van der Waals surface area (Å²) in [6.07, 6.45) is 0. The highest BCUT2D eigenvalue weighted by Gasteiger charge is 2.25. The molecule has 0 spiro atoms. The highest BCUT2D eigenvalue weighted by atomic mass is 32.2. The number of ether oxygens (including phenoxy) is 2. The molecule has 0 saturated heterocycles. The van der Waals surface area contributed by atoms with Crippen LogP contribution in [0.5, 0.6) is 11.5 Å². The van der Waals surface area contributed by atoms with E-state index in [2.05, 4.69) is 5.32 Å². The number of carbonyl (C=O) groups is 2. The molecule has 0 fully saturated rings. The molecule has 1 aliphatic heterocycles. The van der Waals surface area contributed by atoms with E-state index in [1.807, 2.05) is 49.6 Å². The van der Waals surface area contributed by atoms with Crippen molar-refractivity contribution in [1.82, 2.24) is 4.90 Å². The summed E-state index contributed by atoms with van der Waals surface area (Å²) in [5, 5.41) is 4.77. The van der Waals surface area contributed by atoms with Crippen molar-refractivity contribution < 1.29 is 19.1 Å². The number of anilines is 1. The number of benzene rings is 2. The minimum Gasteiger partial charge on any atom is -0.490 e. The lowest BCUT2D eigenvalue weighted by Gasteiger charge is -2.28. The molecule has 2 aromatic carbocycles. The highest BCUT2D eigenvalue weighted by Crippen LogP contribution is 2.31. The number of hydrogen-bond donors (Lipinski definition) is 1. The number of carbonyl (C=O) groups excluding carboxylic acids is 2. The van der Waals surface area contributed by atoms with Crippen molar-refractivity contribution in [2.75, 3.05) is 30.8 Å². The molecule has 0 aliphatic carbocycles. The van der Waals surface area contributed by atoms with Crippen molar-refractivity contribution >= 4 is 35.0 Å². The van der Waals surface area contributed by atoms with E-state index in [0.717, 1.165) is 11.3 Å². The largest absolute Gasteiger partial charge is 0.490 e. The molecule has 2 aromatic rings. The van der Waals surface area contributed by atoms with Crippen LogP contribution in [0.4, 0.5) is 5.69 Å². The number of thioether (sulfide) groups is 1. The van der Waals surface area contributed by atoms with E-state index in [1.54, 1.807) is 18.2 Å². The number of nitrogens with one attached hydrogen (secondary N) is 1. The van der Waals surface area contributed by atoms with E-state index >= 15 is 0 Å². The Balaban J connectivity index is 1.74. The molecule has 1 heterocycles. The number of rotatable bonds is 8. The van der Waals surface area contributed by atoms with Gasteiger partial charge >= 0.3 is 0 Å². The van der Waals surface area contributed by atoms with Crippen LogP contribution in [-0.2, 0) is 9.59 Å². The quantitative estimate of drug-likeness (QED) is 0.710. The molecule has 1 N–H and O–H groups in total. The molecule has 7 heteroatoms. The van der Waals surface area contributed by atoms with Crippen LogP contribution in [0.2, 0.25) is 0 Å². The van der Waals surface area contributed by atoms with Gasteiger partial charge in [0.25, 0.3) is 0 Å². The SMILES string of the molecule is CCOc1ccc(NC(=O)CN2C(=O)CSC=C2c2ccccc2)cc1OCC.